The van der Waals surface area contributed by atoms with E-state index in [9.17, 15) is 4.79 Å². The smallest absolute Gasteiger partial charge is 0.321 e. The monoisotopic (exact) mass is 316 g/mol. The molecule has 0 aliphatic heterocycles. The number of hydrogen-bond donors (Lipinski definition) is 2. The van der Waals surface area contributed by atoms with Crippen molar-refractivity contribution in [3.63, 3.8) is 0 Å². The van der Waals surface area contributed by atoms with E-state index in [1.165, 1.54) is 17.6 Å². The predicted octanol–water partition coefficient (Wildman–Crippen LogP) is 1.63. The highest BCUT2D eigenvalue weighted by Crippen LogP contribution is 2.30. The molecule has 0 bridgehead atoms. The van der Waals surface area contributed by atoms with Crippen LogP contribution in [0.15, 0.2) is 18.2 Å². The fourth-order valence-corrected chi connectivity index (χ4v) is 2.09. The van der Waals surface area contributed by atoms with Crippen LogP contribution in [-0.2, 0) is 13.6 Å². The second-order valence-corrected chi connectivity index (χ2v) is 5.78. The fraction of sp³-hybridized carbons (Fsp3) is 0.467. The molecule has 0 atom stereocenters. The van der Waals surface area contributed by atoms with Crippen molar-refractivity contribution in [2.75, 3.05) is 11.9 Å². The van der Waals surface area contributed by atoms with Crippen LogP contribution in [0.3, 0.4) is 0 Å². The Bertz CT molecular complexity index is 695. The van der Waals surface area contributed by atoms with E-state index in [0.717, 1.165) is 23.5 Å². The van der Waals surface area contributed by atoms with Crippen molar-refractivity contribution in [2.24, 2.45) is 13.0 Å². The van der Waals surface area contributed by atoms with Crippen LogP contribution in [0, 0.1) is 12.8 Å². The van der Waals surface area contributed by atoms with Gasteiger partial charge in [-0.3, -0.25) is 5.32 Å². The minimum Gasteiger partial charge on any atom is -0.493 e. The van der Waals surface area contributed by atoms with Crippen LogP contribution in [0.5, 0.6) is 5.75 Å². The number of benzene rings is 1. The molecule has 1 aliphatic carbocycles. The third-order valence-corrected chi connectivity index (χ3v) is 3.57. The van der Waals surface area contributed by atoms with E-state index in [4.69, 9.17) is 4.74 Å². The zero-order chi connectivity index (χ0) is 16.2. The molecule has 0 saturated heterocycles. The quantitative estimate of drug-likeness (QED) is 0.845. The maximum absolute atomic E-state index is 11.9. The predicted molar refractivity (Wildman–Crippen MR) is 84.1 cm³/mol. The van der Waals surface area contributed by atoms with Gasteiger partial charge in [0.05, 0.1) is 13.7 Å². The van der Waals surface area contributed by atoms with Crippen LogP contribution in [0.1, 0.15) is 24.0 Å². The molecule has 2 N–H and O–H groups in total. The van der Waals surface area contributed by atoms with Gasteiger partial charge in [0.25, 0.3) is 5.95 Å². The summed E-state index contributed by atoms with van der Waals surface area (Å²) in [7, 11) is 1.63. The van der Waals surface area contributed by atoms with Crippen LogP contribution < -0.4 is 15.4 Å². The summed E-state index contributed by atoms with van der Waals surface area (Å²) in [5, 5.41) is 16.5. The molecule has 2 amide bonds. The highest BCUT2D eigenvalue weighted by atomic mass is 16.5. The Hall–Kier alpha value is -2.64. The standard InChI is InChI=1S/C15H20N6O2/c1-10-3-6-12(13(7-10)23-9-11-4-5-11)8-16-15(22)17-14-18-20-21(2)19-14/h3,6-7,11H,4-5,8-9H2,1-2H3,(H2,16,17,19,22). The first kappa shape index (κ1) is 15.3. The molecule has 1 heterocycles. The molecule has 8 heteroatoms. The van der Waals surface area contributed by atoms with Crippen molar-refractivity contribution in [1.82, 2.24) is 25.5 Å². The molecule has 1 saturated carbocycles. The Morgan fingerprint density at radius 3 is 2.96 bits per heavy atom. The van der Waals surface area contributed by atoms with E-state index in [1.807, 2.05) is 25.1 Å². The molecule has 122 valence electrons. The number of carbonyl (C=O) groups is 1. The summed E-state index contributed by atoms with van der Waals surface area (Å²) >= 11 is 0. The first-order valence-electron chi connectivity index (χ1n) is 7.61. The van der Waals surface area contributed by atoms with Crippen molar-refractivity contribution in [1.29, 1.82) is 0 Å². The number of amides is 2. The summed E-state index contributed by atoms with van der Waals surface area (Å²) in [5.41, 5.74) is 2.08. The summed E-state index contributed by atoms with van der Waals surface area (Å²) in [6.07, 6.45) is 2.49. The summed E-state index contributed by atoms with van der Waals surface area (Å²) in [6, 6.07) is 5.59. The number of rotatable bonds is 6. The Labute approximate surface area is 134 Å². The topological polar surface area (TPSA) is 94.0 Å². The average molecular weight is 316 g/mol. The Balaban J connectivity index is 1.56. The van der Waals surface area contributed by atoms with Crippen LogP contribution in [0.2, 0.25) is 0 Å². The fourth-order valence-electron chi connectivity index (χ4n) is 2.09. The summed E-state index contributed by atoms with van der Waals surface area (Å²) in [5.74, 6) is 1.68. The highest BCUT2D eigenvalue weighted by molar-refractivity contribution is 5.87. The van der Waals surface area contributed by atoms with Crippen molar-refractivity contribution in [2.45, 2.75) is 26.3 Å². The maximum Gasteiger partial charge on any atom is 0.321 e. The summed E-state index contributed by atoms with van der Waals surface area (Å²) in [6.45, 7) is 3.13. The normalized spacial score (nSPS) is 13.7. The van der Waals surface area contributed by atoms with E-state index in [-0.39, 0.29) is 12.0 Å². The SMILES string of the molecule is Cc1ccc(CNC(=O)Nc2nnn(C)n2)c(OCC2CC2)c1. The van der Waals surface area contributed by atoms with Gasteiger partial charge in [0.15, 0.2) is 0 Å². The van der Waals surface area contributed by atoms with Gasteiger partial charge >= 0.3 is 6.03 Å². The number of ether oxygens (including phenoxy) is 1. The summed E-state index contributed by atoms with van der Waals surface area (Å²) in [4.78, 5) is 13.1. The van der Waals surface area contributed by atoms with Gasteiger partial charge in [-0.25, -0.2) is 4.79 Å². The first-order valence-corrected chi connectivity index (χ1v) is 7.61. The second-order valence-electron chi connectivity index (χ2n) is 5.78. The van der Waals surface area contributed by atoms with Crippen LogP contribution in [0.25, 0.3) is 0 Å². The van der Waals surface area contributed by atoms with Crippen molar-refractivity contribution in [3.8, 4) is 5.75 Å². The molecule has 0 radical (unpaired) electrons. The molecule has 1 aliphatic rings. The number of aryl methyl sites for hydroxylation is 2. The van der Waals surface area contributed by atoms with Gasteiger partial charge < -0.3 is 10.1 Å². The third kappa shape index (κ3) is 4.41. The molecule has 2 aromatic rings. The Morgan fingerprint density at radius 2 is 2.26 bits per heavy atom. The number of urea groups is 1. The minimum atomic E-state index is -0.383. The van der Waals surface area contributed by atoms with Crippen molar-refractivity contribution >= 4 is 12.0 Å². The number of anilines is 1. The number of nitrogens with one attached hydrogen (secondary N) is 2. The molecule has 1 fully saturated rings. The van der Waals surface area contributed by atoms with Gasteiger partial charge in [0.1, 0.15) is 5.75 Å². The number of carbonyl (C=O) groups excluding carboxylic acids is 1. The molecular formula is C15H20N6O2. The minimum absolute atomic E-state index is 0.166. The molecule has 1 aromatic heterocycles. The molecule has 3 rings (SSSR count). The molecule has 23 heavy (non-hydrogen) atoms. The summed E-state index contributed by atoms with van der Waals surface area (Å²) < 4.78 is 5.89. The first-order chi connectivity index (χ1) is 11.1. The lowest BCUT2D eigenvalue weighted by Gasteiger charge is -2.13. The van der Waals surface area contributed by atoms with Crippen LogP contribution >= 0.6 is 0 Å². The zero-order valence-electron chi connectivity index (χ0n) is 13.2. The van der Waals surface area contributed by atoms with E-state index >= 15 is 0 Å². The molecular weight excluding hydrogens is 296 g/mol. The number of aromatic nitrogens is 4. The third-order valence-electron chi connectivity index (χ3n) is 3.57. The van der Waals surface area contributed by atoms with E-state index in [1.54, 1.807) is 7.05 Å². The van der Waals surface area contributed by atoms with E-state index < -0.39 is 0 Å². The van der Waals surface area contributed by atoms with Gasteiger partial charge in [-0.15, -0.1) is 5.10 Å². The highest BCUT2D eigenvalue weighted by Gasteiger charge is 2.22. The Morgan fingerprint density at radius 1 is 1.43 bits per heavy atom. The number of nitrogens with zero attached hydrogens (tertiary/aromatic N) is 4. The second kappa shape index (κ2) is 6.64. The molecule has 0 unspecified atom stereocenters. The van der Waals surface area contributed by atoms with Gasteiger partial charge in [0.2, 0.25) is 0 Å². The maximum atomic E-state index is 11.9. The van der Waals surface area contributed by atoms with Crippen LogP contribution in [0.4, 0.5) is 10.7 Å². The largest absolute Gasteiger partial charge is 0.493 e. The van der Waals surface area contributed by atoms with Gasteiger partial charge in [-0.1, -0.05) is 17.2 Å². The average Bonchev–Trinajstić information content (AvgIpc) is 3.26. The van der Waals surface area contributed by atoms with E-state index in [0.29, 0.717) is 12.5 Å². The number of tetrazole rings is 1. The van der Waals surface area contributed by atoms with Crippen molar-refractivity contribution < 1.29 is 9.53 Å². The molecule has 0 spiro atoms. The molecule has 1 aromatic carbocycles. The van der Waals surface area contributed by atoms with Crippen molar-refractivity contribution in [3.05, 3.63) is 29.3 Å². The lowest BCUT2D eigenvalue weighted by Crippen LogP contribution is -2.29. The van der Waals surface area contributed by atoms with Gasteiger partial charge in [-0.05, 0) is 42.5 Å². The van der Waals surface area contributed by atoms with Gasteiger partial charge in [0, 0.05) is 12.1 Å². The van der Waals surface area contributed by atoms with Gasteiger partial charge in [-0.2, -0.15) is 4.80 Å². The lowest BCUT2D eigenvalue weighted by molar-refractivity contribution is 0.251. The van der Waals surface area contributed by atoms with Crippen LogP contribution in [-0.4, -0.2) is 32.8 Å². The zero-order valence-corrected chi connectivity index (χ0v) is 13.2. The lowest BCUT2D eigenvalue weighted by atomic mass is 10.1. The van der Waals surface area contributed by atoms with E-state index in [2.05, 4.69) is 26.0 Å². The molecule has 8 nitrogen and oxygen atoms in total. The Kier molecular flexibility index (Phi) is 4.40. The number of hydrogen-bond acceptors (Lipinski definition) is 5.